The van der Waals surface area contributed by atoms with Crippen molar-refractivity contribution < 1.29 is 13.5 Å². The molecular formula is C14H14BrF2NOS. The molecular weight excluding hydrogens is 348 g/mol. The average Bonchev–Trinajstić information content (AvgIpc) is 2.85. The molecule has 0 aliphatic heterocycles. The van der Waals surface area contributed by atoms with Crippen molar-refractivity contribution in [3.8, 4) is 5.75 Å². The lowest BCUT2D eigenvalue weighted by Crippen LogP contribution is -2.31. The van der Waals surface area contributed by atoms with Gasteiger partial charge in [0.15, 0.2) is 11.6 Å². The van der Waals surface area contributed by atoms with Crippen molar-refractivity contribution in [2.45, 2.75) is 25.5 Å². The average molecular weight is 362 g/mol. The van der Waals surface area contributed by atoms with Gasteiger partial charge in [0.1, 0.15) is 11.9 Å². The van der Waals surface area contributed by atoms with Crippen molar-refractivity contribution >= 4 is 27.3 Å². The van der Waals surface area contributed by atoms with Crippen LogP contribution in [0.25, 0.3) is 0 Å². The highest BCUT2D eigenvalue weighted by Gasteiger charge is 2.23. The van der Waals surface area contributed by atoms with E-state index < -0.39 is 17.7 Å². The lowest BCUT2D eigenvalue weighted by molar-refractivity contribution is 0.166. The topological polar surface area (TPSA) is 35.2 Å². The summed E-state index contributed by atoms with van der Waals surface area (Å²) in [5.41, 5.74) is 6.04. The van der Waals surface area contributed by atoms with E-state index >= 15 is 0 Å². The van der Waals surface area contributed by atoms with E-state index in [1.807, 2.05) is 19.1 Å². The summed E-state index contributed by atoms with van der Waals surface area (Å²) in [5, 5.41) is 0. The first-order valence-electron chi connectivity index (χ1n) is 6.13. The molecule has 0 radical (unpaired) electrons. The van der Waals surface area contributed by atoms with E-state index in [2.05, 4.69) is 15.9 Å². The van der Waals surface area contributed by atoms with Gasteiger partial charge >= 0.3 is 0 Å². The Morgan fingerprint density at radius 3 is 2.65 bits per heavy atom. The Labute approximate surface area is 128 Å². The third-order valence-electron chi connectivity index (χ3n) is 2.88. The van der Waals surface area contributed by atoms with E-state index in [1.165, 1.54) is 11.3 Å². The molecule has 1 aromatic heterocycles. The normalized spacial score (nSPS) is 14.1. The number of nitrogens with two attached hydrogens (primary N) is 1. The maximum Gasteiger partial charge on any atom is 0.165 e. The molecule has 0 spiro atoms. The van der Waals surface area contributed by atoms with Crippen LogP contribution in [0.2, 0.25) is 0 Å². The van der Waals surface area contributed by atoms with E-state index in [0.29, 0.717) is 6.42 Å². The molecule has 6 heteroatoms. The molecule has 0 aliphatic rings. The number of benzene rings is 1. The molecule has 0 fully saturated rings. The molecule has 0 bridgehead atoms. The number of hydrogen-bond acceptors (Lipinski definition) is 3. The van der Waals surface area contributed by atoms with Crippen molar-refractivity contribution in [1.29, 1.82) is 0 Å². The maximum absolute atomic E-state index is 13.7. The van der Waals surface area contributed by atoms with Crippen LogP contribution in [0.3, 0.4) is 0 Å². The monoisotopic (exact) mass is 361 g/mol. The fourth-order valence-electron chi connectivity index (χ4n) is 1.76. The van der Waals surface area contributed by atoms with Crippen molar-refractivity contribution in [1.82, 2.24) is 0 Å². The lowest BCUT2D eigenvalue weighted by atomic mass is 10.1. The third-order valence-corrected chi connectivity index (χ3v) is 4.57. The first-order chi connectivity index (χ1) is 9.51. The predicted molar refractivity (Wildman–Crippen MR) is 80.0 cm³/mol. The molecule has 1 aromatic carbocycles. The predicted octanol–water partition coefficient (Wildman–Crippen LogP) is 4.65. The van der Waals surface area contributed by atoms with Gasteiger partial charge in [0.05, 0.1) is 3.79 Å². The number of thiophene rings is 1. The molecule has 2 nitrogen and oxygen atoms in total. The highest BCUT2D eigenvalue weighted by Crippen LogP contribution is 2.33. The summed E-state index contributed by atoms with van der Waals surface area (Å²) in [6.45, 7) is 1.92. The Morgan fingerprint density at radius 1 is 1.30 bits per heavy atom. The van der Waals surface area contributed by atoms with Gasteiger partial charge in [-0.1, -0.05) is 6.92 Å². The van der Waals surface area contributed by atoms with Gasteiger partial charge in [-0.25, -0.2) is 8.78 Å². The number of hydrogen-bond donors (Lipinski definition) is 1. The van der Waals surface area contributed by atoms with Gasteiger partial charge in [0, 0.05) is 17.0 Å². The maximum atomic E-state index is 13.7. The minimum Gasteiger partial charge on any atom is -0.480 e. The lowest BCUT2D eigenvalue weighted by Gasteiger charge is -2.23. The molecule has 0 saturated heterocycles. The van der Waals surface area contributed by atoms with Crippen LogP contribution < -0.4 is 10.5 Å². The summed E-state index contributed by atoms with van der Waals surface area (Å²) in [4.78, 5) is 0.870. The fraction of sp³-hybridized carbons (Fsp3) is 0.286. The fourth-order valence-corrected chi connectivity index (χ4v) is 3.29. The van der Waals surface area contributed by atoms with Crippen molar-refractivity contribution in [3.63, 3.8) is 0 Å². The highest BCUT2D eigenvalue weighted by atomic mass is 79.9. The van der Waals surface area contributed by atoms with Crippen molar-refractivity contribution in [2.75, 3.05) is 0 Å². The Hall–Kier alpha value is -0.980. The quantitative estimate of drug-likeness (QED) is 0.841. The van der Waals surface area contributed by atoms with Crippen molar-refractivity contribution in [3.05, 3.63) is 50.6 Å². The number of halogens is 3. The van der Waals surface area contributed by atoms with Gasteiger partial charge in [-0.05, 0) is 46.6 Å². The third kappa shape index (κ3) is 3.56. The van der Waals surface area contributed by atoms with Gasteiger partial charge in [-0.3, -0.25) is 0 Å². The van der Waals surface area contributed by atoms with Crippen LogP contribution in [-0.4, -0.2) is 6.04 Å². The summed E-state index contributed by atoms with van der Waals surface area (Å²) < 4.78 is 33.4. The van der Waals surface area contributed by atoms with E-state index in [1.54, 1.807) is 0 Å². The molecule has 2 rings (SSSR count). The largest absolute Gasteiger partial charge is 0.480 e. The van der Waals surface area contributed by atoms with Gasteiger partial charge in [0.2, 0.25) is 0 Å². The molecule has 2 N–H and O–H groups in total. The molecule has 2 atom stereocenters. The first kappa shape index (κ1) is 15.4. The zero-order valence-electron chi connectivity index (χ0n) is 10.8. The summed E-state index contributed by atoms with van der Waals surface area (Å²) in [7, 11) is 0. The second-order valence-corrected chi connectivity index (χ2v) is 6.82. The number of ether oxygens (including phenoxy) is 1. The molecule has 0 amide bonds. The van der Waals surface area contributed by atoms with E-state index in [9.17, 15) is 8.78 Å². The standard InChI is InChI=1S/C14H14BrF2NOS/c1-2-10(18)14(12-5-6-13(15)20-12)19-11-7-8(16)3-4-9(11)17/h3-7,10,14H,2,18H2,1H3. The summed E-state index contributed by atoms with van der Waals surface area (Å²) in [6, 6.07) is 6.57. The van der Waals surface area contributed by atoms with Gasteiger partial charge in [-0.15, -0.1) is 11.3 Å². The molecule has 1 heterocycles. The van der Waals surface area contributed by atoms with Gasteiger partial charge in [-0.2, -0.15) is 0 Å². The van der Waals surface area contributed by atoms with E-state index in [0.717, 1.165) is 26.9 Å². The van der Waals surface area contributed by atoms with Crippen LogP contribution in [-0.2, 0) is 0 Å². The second-order valence-electron chi connectivity index (χ2n) is 4.33. The van der Waals surface area contributed by atoms with E-state index in [-0.39, 0.29) is 11.8 Å². The van der Waals surface area contributed by atoms with Crippen LogP contribution in [0.5, 0.6) is 5.75 Å². The Morgan fingerprint density at radius 2 is 2.05 bits per heavy atom. The van der Waals surface area contributed by atoms with Crippen LogP contribution in [0, 0.1) is 11.6 Å². The molecule has 20 heavy (non-hydrogen) atoms. The van der Waals surface area contributed by atoms with Crippen LogP contribution >= 0.6 is 27.3 Å². The van der Waals surface area contributed by atoms with Gasteiger partial charge < -0.3 is 10.5 Å². The van der Waals surface area contributed by atoms with E-state index in [4.69, 9.17) is 10.5 Å². The Bertz CT molecular complexity index is 590. The Kier molecular flexibility index (Phi) is 5.12. The second kappa shape index (κ2) is 6.65. The zero-order chi connectivity index (χ0) is 14.7. The molecule has 2 unspecified atom stereocenters. The SMILES string of the molecule is CCC(N)C(Oc1cc(F)ccc1F)c1ccc(Br)s1. The summed E-state index contributed by atoms with van der Waals surface area (Å²) in [6.07, 6.45) is 0.157. The minimum atomic E-state index is -0.602. The molecule has 0 saturated carbocycles. The van der Waals surface area contributed by atoms with Gasteiger partial charge in [0.25, 0.3) is 0 Å². The van der Waals surface area contributed by atoms with Crippen LogP contribution in [0.4, 0.5) is 8.78 Å². The van der Waals surface area contributed by atoms with Crippen molar-refractivity contribution in [2.24, 2.45) is 5.73 Å². The summed E-state index contributed by atoms with van der Waals surface area (Å²) in [5.74, 6) is -1.27. The first-order valence-corrected chi connectivity index (χ1v) is 7.74. The smallest absolute Gasteiger partial charge is 0.165 e. The minimum absolute atomic E-state index is 0.122. The molecule has 0 aliphatic carbocycles. The van der Waals surface area contributed by atoms with Crippen LogP contribution in [0.15, 0.2) is 34.1 Å². The zero-order valence-corrected chi connectivity index (χ0v) is 13.2. The van der Waals surface area contributed by atoms with Crippen LogP contribution in [0.1, 0.15) is 24.3 Å². The Balaban J connectivity index is 2.30. The number of rotatable bonds is 5. The molecule has 108 valence electrons. The molecule has 2 aromatic rings. The summed E-state index contributed by atoms with van der Waals surface area (Å²) >= 11 is 4.84. The highest BCUT2D eigenvalue weighted by molar-refractivity contribution is 9.11.